The molecule has 20 heavy (non-hydrogen) atoms. The summed E-state index contributed by atoms with van der Waals surface area (Å²) in [7, 11) is 1.23. The third-order valence-electron chi connectivity index (χ3n) is 3.06. The quantitative estimate of drug-likeness (QED) is 0.869. The molecule has 1 N–H and O–H groups in total. The second-order valence-corrected chi connectivity index (χ2v) is 4.23. The fourth-order valence-electron chi connectivity index (χ4n) is 1.87. The van der Waals surface area contributed by atoms with Gasteiger partial charge in [0.05, 0.1) is 19.0 Å². The standard InChI is InChI=1S/C14H14FNO4/c1-3-14(18,11-6-4-9(15)8-16-11)12-7-5-10(20-12)13(17)19-2/h4-8,18H,3H2,1-2H3. The van der Waals surface area contributed by atoms with Crippen molar-refractivity contribution < 1.29 is 23.4 Å². The Labute approximate surface area is 115 Å². The minimum Gasteiger partial charge on any atom is -0.463 e. The highest BCUT2D eigenvalue weighted by Crippen LogP contribution is 2.32. The Balaban J connectivity index is 2.42. The lowest BCUT2D eigenvalue weighted by Crippen LogP contribution is -2.27. The third-order valence-corrected chi connectivity index (χ3v) is 3.06. The fourth-order valence-corrected chi connectivity index (χ4v) is 1.87. The number of furan rings is 1. The molecular weight excluding hydrogens is 265 g/mol. The van der Waals surface area contributed by atoms with Crippen molar-refractivity contribution in [3.63, 3.8) is 0 Å². The smallest absolute Gasteiger partial charge is 0.373 e. The number of hydrogen-bond donors (Lipinski definition) is 1. The van der Waals surface area contributed by atoms with E-state index in [0.717, 1.165) is 6.20 Å². The summed E-state index contributed by atoms with van der Waals surface area (Å²) >= 11 is 0. The van der Waals surface area contributed by atoms with Gasteiger partial charge in [-0.3, -0.25) is 4.98 Å². The Morgan fingerprint density at radius 3 is 2.75 bits per heavy atom. The third kappa shape index (κ3) is 2.42. The summed E-state index contributed by atoms with van der Waals surface area (Å²) in [6.45, 7) is 1.73. The van der Waals surface area contributed by atoms with Crippen molar-refractivity contribution in [1.82, 2.24) is 4.98 Å². The van der Waals surface area contributed by atoms with Crippen LogP contribution in [0.4, 0.5) is 4.39 Å². The average molecular weight is 279 g/mol. The van der Waals surface area contributed by atoms with Crippen LogP contribution in [0, 0.1) is 5.82 Å². The Morgan fingerprint density at radius 1 is 1.45 bits per heavy atom. The molecule has 2 heterocycles. The molecule has 2 rings (SSSR count). The second-order valence-electron chi connectivity index (χ2n) is 4.23. The van der Waals surface area contributed by atoms with Gasteiger partial charge in [-0.1, -0.05) is 6.92 Å². The molecule has 0 bridgehead atoms. The summed E-state index contributed by atoms with van der Waals surface area (Å²) in [4.78, 5) is 15.2. The second kappa shape index (κ2) is 5.42. The number of halogens is 1. The molecule has 2 aromatic heterocycles. The molecule has 0 aliphatic carbocycles. The highest BCUT2D eigenvalue weighted by Gasteiger charge is 2.35. The maximum Gasteiger partial charge on any atom is 0.373 e. The largest absolute Gasteiger partial charge is 0.463 e. The number of carbonyl (C=O) groups is 1. The Hall–Kier alpha value is -2.21. The van der Waals surface area contributed by atoms with E-state index in [-0.39, 0.29) is 23.6 Å². The van der Waals surface area contributed by atoms with Crippen molar-refractivity contribution in [1.29, 1.82) is 0 Å². The van der Waals surface area contributed by atoms with Gasteiger partial charge in [-0.05, 0) is 30.7 Å². The fraction of sp³-hybridized carbons (Fsp3) is 0.286. The number of aliphatic hydroxyl groups is 1. The van der Waals surface area contributed by atoms with E-state index in [2.05, 4.69) is 9.72 Å². The van der Waals surface area contributed by atoms with Gasteiger partial charge in [-0.25, -0.2) is 9.18 Å². The molecule has 0 fully saturated rings. The zero-order valence-corrected chi connectivity index (χ0v) is 11.1. The van der Waals surface area contributed by atoms with Gasteiger partial charge >= 0.3 is 5.97 Å². The Kier molecular flexibility index (Phi) is 3.85. The number of methoxy groups -OCH3 is 1. The first-order valence-electron chi connectivity index (χ1n) is 6.04. The van der Waals surface area contributed by atoms with Crippen molar-refractivity contribution >= 4 is 5.97 Å². The summed E-state index contributed by atoms with van der Waals surface area (Å²) in [6.07, 6.45) is 1.26. The summed E-state index contributed by atoms with van der Waals surface area (Å²) < 4.78 is 22.8. The van der Waals surface area contributed by atoms with E-state index >= 15 is 0 Å². The van der Waals surface area contributed by atoms with Gasteiger partial charge in [0.15, 0.2) is 5.60 Å². The number of hydrogen-bond acceptors (Lipinski definition) is 5. The van der Waals surface area contributed by atoms with Crippen molar-refractivity contribution in [3.8, 4) is 0 Å². The Bertz CT molecular complexity index is 608. The van der Waals surface area contributed by atoms with E-state index in [9.17, 15) is 14.3 Å². The molecular formula is C14H14FNO4. The van der Waals surface area contributed by atoms with Gasteiger partial charge in [-0.15, -0.1) is 0 Å². The lowest BCUT2D eigenvalue weighted by Gasteiger charge is -2.23. The maximum absolute atomic E-state index is 12.9. The molecule has 106 valence electrons. The summed E-state index contributed by atoms with van der Waals surface area (Å²) in [6, 6.07) is 5.46. The lowest BCUT2D eigenvalue weighted by molar-refractivity contribution is 0.0415. The zero-order valence-electron chi connectivity index (χ0n) is 11.1. The molecule has 0 aliphatic rings. The lowest BCUT2D eigenvalue weighted by atomic mass is 9.93. The summed E-state index contributed by atoms with van der Waals surface area (Å²) in [5, 5.41) is 10.7. The first kappa shape index (κ1) is 14.2. The van der Waals surface area contributed by atoms with Gasteiger partial charge in [0.25, 0.3) is 0 Å². The number of nitrogens with zero attached hydrogens (tertiary/aromatic N) is 1. The van der Waals surface area contributed by atoms with E-state index in [1.54, 1.807) is 6.92 Å². The maximum atomic E-state index is 12.9. The summed E-state index contributed by atoms with van der Waals surface area (Å²) in [5.41, 5.74) is -1.29. The van der Waals surface area contributed by atoms with E-state index < -0.39 is 17.4 Å². The Morgan fingerprint density at radius 2 is 2.20 bits per heavy atom. The molecule has 1 unspecified atom stereocenters. The van der Waals surface area contributed by atoms with Gasteiger partial charge in [-0.2, -0.15) is 0 Å². The highest BCUT2D eigenvalue weighted by molar-refractivity contribution is 5.86. The topological polar surface area (TPSA) is 72.6 Å². The SMILES string of the molecule is CCC(O)(c1ccc(F)cn1)c1ccc(C(=O)OC)o1. The molecule has 0 radical (unpaired) electrons. The van der Waals surface area contributed by atoms with Crippen LogP contribution in [0.1, 0.15) is 35.4 Å². The first-order chi connectivity index (χ1) is 9.51. The summed E-state index contributed by atoms with van der Waals surface area (Å²) in [5.74, 6) is -1.00. The van der Waals surface area contributed by atoms with Crippen LogP contribution in [-0.2, 0) is 10.3 Å². The highest BCUT2D eigenvalue weighted by atomic mass is 19.1. The van der Waals surface area contributed by atoms with E-state index in [1.807, 2.05) is 0 Å². The molecule has 0 amide bonds. The number of carbonyl (C=O) groups excluding carboxylic acids is 1. The van der Waals surface area contributed by atoms with Crippen LogP contribution in [0.5, 0.6) is 0 Å². The van der Waals surface area contributed by atoms with Crippen LogP contribution >= 0.6 is 0 Å². The normalized spacial score (nSPS) is 13.8. The molecule has 1 atom stereocenters. The van der Waals surface area contributed by atoms with Gasteiger partial charge in [0.2, 0.25) is 5.76 Å². The van der Waals surface area contributed by atoms with Crippen LogP contribution in [0.15, 0.2) is 34.9 Å². The van der Waals surface area contributed by atoms with Crippen LogP contribution in [0.2, 0.25) is 0 Å². The van der Waals surface area contributed by atoms with Gasteiger partial charge < -0.3 is 14.3 Å². The molecule has 0 aliphatic heterocycles. The van der Waals surface area contributed by atoms with E-state index in [0.29, 0.717) is 0 Å². The molecule has 2 aromatic rings. The number of ether oxygens (including phenoxy) is 1. The van der Waals surface area contributed by atoms with Gasteiger partial charge in [0, 0.05) is 0 Å². The number of rotatable bonds is 4. The van der Waals surface area contributed by atoms with Crippen LogP contribution in [0.25, 0.3) is 0 Å². The predicted octanol–water partition coefficient (Wildman–Crippen LogP) is 2.25. The van der Waals surface area contributed by atoms with Gasteiger partial charge in [0.1, 0.15) is 11.6 Å². The predicted molar refractivity (Wildman–Crippen MR) is 67.5 cm³/mol. The molecule has 0 saturated carbocycles. The van der Waals surface area contributed by atoms with Crippen molar-refractivity contribution in [2.75, 3.05) is 7.11 Å². The number of pyridine rings is 1. The van der Waals surface area contributed by atoms with Crippen LogP contribution in [-0.4, -0.2) is 23.2 Å². The van der Waals surface area contributed by atoms with E-state index in [4.69, 9.17) is 4.42 Å². The zero-order chi connectivity index (χ0) is 14.8. The number of aromatic nitrogens is 1. The first-order valence-corrected chi connectivity index (χ1v) is 6.04. The minimum absolute atomic E-state index is 0.0171. The molecule has 0 saturated heterocycles. The molecule has 6 heteroatoms. The molecule has 0 aromatic carbocycles. The van der Waals surface area contributed by atoms with Crippen LogP contribution < -0.4 is 0 Å². The average Bonchev–Trinajstić information content (AvgIpc) is 2.96. The molecule has 5 nitrogen and oxygen atoms in total. The van der Waals surface area contributed by atoms with Crippen molar-refractivity contribution in [3.05, 3.63) is 53.5 Å². The van der Waals surface area contributed by atoms with E-state index in [1.165, 1.54) is 31.4 Å². The number of esters is 1. The van der Waals surface area contributed by atoms with Crippen LogP contribution in [0.3, 0.4) is 0 Å². The van der Waals surface area contributed by atoms with Crippen molar-refractivity contribution in [2.45, 2.75) is 18.9 Å². The minimum atomic E-state index is -1.53. The monoisotopic (exact) mass is 279 g/mol. The van der Waals surface area contributed by atoms with Crippen molar-refractivity contribution in [2.24, 2.45) is 0 Å². The molecule has 0 spiro atoms.